The van der Waals surface area contributed by atoms with Crippen molar-refractivity contribution in [1.29, 1.82) is 0 Å². The Morgan fingerprint density at radius 1 is 1.35 bits per heavy atom. The molecule has 0 radical (unpaired) electrons. The van der Waals surface area contributed by atoms with Crippen molar-refractivity contribution in [3.63, 3.8) is 0 Å². The highest BCUT2D eigenvalue weighted by molar-refractivity contribution is 7.99. The van der Waals surface area contributed by atoms with E-state index in [4.69, 9.17) is 0 Å². The second kappa shape index (κ2) is 7.70. The maximum atomic E-state index is 11.9. The summed E-state index contributed by atoms with van der Waals surface area (Å²) in [4.78, 5) is 11.9. The Morgan fingerprint density at radius 2 is 2.10 bits per heavy atom. The summed E-state index contributed by atoms with van der Waals surface area (Å²) in [5.74, 6) is 1.50. The molecule has 2 N–H and O–H groups in total. The molecule has 1 aliphatic rings. The first kappa shape index (κ1) is 15.4. The van der Waals surface area contributed by atoms with Crippen LogP contribution < -0.4 is 5.32 Å². The highest BCUT2D eigenvalue weighted by Gasteiger charge is 2.20. The topological polar surface area (TPSA) is 49.3 Å². The highest BCUT2D eigenvalue weighted by atomic mass is 32.2. The third-order valence-corrected chi connectivity index (χ3v) is 4.65. The molecule has 1 aromatic carbocycles. The number of hydrogen-bond donors (Lipinski definition) is 2. The fourth-order valence-corrected chi connectivity index (χ4v) is 3.34. The molecule has 0 bridgehead atoms. The lowest BCUT2D eigenvalue weighted by Crippen LogP contribution is -2.39. The SMILES string of the molecule is Cc1cccc(CSCC(=O)NC2CCC(O)CC2)c1. The lowest BCUT2D eigenvalue weighted by atomic mass is 9.93. The Balaban J connectivity index is 1.65. The number of nitrogens with one attached hydrogen (secondary N) is 1. The summed E-state index contributed by atoms with van der Waals surface area (Å²) in [5, 5.41) is 12.5. The molecule has 0 unspecified atom stereocenters. The Hall–Kier alpha value is -1.00. The van der Waals surface area contributed by atoms with Crippen LogP contribution in [0.25, 0.3) is 0 Å². The standard InChI is InChI=1S/C16H23NO2S/c1-12-3-2-4-13(9-12)10-20-11-16(19)17-14-5-7-15(18)8-6-14/h2-4,9,14-15,18H,5-8,10-11H2,1H3,(H,17,19). The van der Waals surface area contributed by atoms with Crippen LogP contribution in [0, 0.1) is 6.92 Å². The van der Waals surface area contributed by atoms with Crippen molar-refractivity contribution in [1.82, 2.24) is 5.32 Å². The van der Waals surface area contributed by atoms with Crippen LogP contribution in [0.15, 0.2) is 24.3 Å². The van der Waals surface area contributed by atoms with Gasteiger partial charge in [-0.15, -0.1) is 11.8 Å². The summed E-state index contributed by atoms with van der Waals surface area (Å²) >= 11 is 1.65. The minimum absolute atomic E-state index is 0.115. The molecule has 1 saturated carbocycles. The molecular weight excluding hydrogens is 270 g/mol. The number of carbonyl (C=O) groups excluding carboxylic acids is 1. The second-order valence-corrected chi connectivity index (χ2v) is 6.54. The van der Waals surface area contributed by atoms with Crippen molar-refractivity contribution in [2.24, 2.45) is 0 Å². The quantitative estimate of drug-likeness (QED) is 0.877. The van der Waals surface area contributed by atoms with Gasteiger partial charge in [-0.3, -0.25) is 4.79 Å². The average Bonchev–Trinajstić information content (AvgIpc) is 2.41. The normalized spacial score (nSPS) is 22.5. The number of rotatable bonds is 5. The van der Waals surface area contributed by atoms with Crippen LogP contribution in [0.5, 0.6) is 0 Å². The van der Waals surface area contributed by atoms with Gasteiger partial charge in [0.15, 0.2) is 0 Å². The van der Waals surface area contributed by atoms with E-state index in [-0.39, 0.29) is 18.1 Å². The van der Waals surface area contributed by atoms with Crippen LogP contribution in [0.4, 0.5) is 0 Å². The maximum absolute atomic E-state index is 11.9. The number of aliphatic hydroxyl groups excluding tert-OH is 1. The van der Waals surface area contributed by atoms with Crippen molar-refractivity contribution >= 4 is 17.7 Å². The van der Waals surface area contributed by atoms with Crippen LogP contribution in [-0.4, -0.2) is 28.9 Å². The molecule has 0 aliphatic heterocycles. The van der Waals surface area contributed by atoms with Crippen molar-refractivity contribution in [3.05, 3.63) is 35.4 Å². The smallest absolute Gasteiger partial charge is 0.230 e. The second-order valence-electron chi connectivity index (χ2n) is 5.55. The van der Waals surface area contributed by atoms with Gasteiger partial charge in [0.05, 0.1) is 11.9 Å². The summed E-state index contributed by atoms with van der Waals surface area (Å²) in [6.45, 7) is 2.08. The number of carbonyl (C=O) groups is 1. The number of thioether (sulfide) groups is 1. The van der Waals surface area contributed by atoms with Gasteiger partial charge in [0.2, 0.25) is 5.91 Å². The molecule has 110 valence electrons. The zero-order valence-electron chi connectivity index (χ0n) is 12.0. The number of aliphatic hydroxyl groups is 1. The van der Waals surface area contributed by atoms with E-state index >= 15 is 0 Å². The molecule has 0 saturated heterocycles. The van der Waals surface area contributed by atoms with E-state index < -0.39 is 0 Å². The predicted octanol–water partition coefficient (Wildman–Crippen LogP) is 2.65. The molecule has 2 rings (SSSR count). The van der Waals surface area contributed by atoms with Gasteiger partial charge in [-0.1, -0.05) is 29.8 Å². The van der Waals surface area contributed by atoms with Gasteiger partial charge in [0.25, 0.3) is 0 Å². The van der Waals surface area contributed by atoms with E-state index in [0.717, 1.165) is 31.4 Å². The van der Waals surface area contributed by atoms with Crippen LogP contribution in [0.1, 0.15) is 36.8 Å². The Labute approximate surface area is 125 Å². The van der Waals surface area contributed by atoms with E-state index in [0.29, 0.717) is 5.75 Å². The highest BCUT2D eigenvalue weighted by Crippen LogP contribution is 2.19. The van der Waals surface area contributed by atoms with Crippen LogP contribution in [0.3, 0.4) is 0 Å². The van der Waals surface area contributed by atoms with E-state index in [1.807, 2.05) is 0 Å². The fourth-order valence-electron chi connectivity index (χ4n) is 2.55. The van der Waals surface area contributed by atoms with Gasteiger partial charge in [-0.25, -0.2) is 0 Å². The molecule has 0 spiro atoms. The van der Waals surface area contributed by atoms with Crippen molar-refractivity contribution < 1.29 is 9.90 Å². The molecule has 0 atom stereocenters. The summed E-state index contributed by atoms with van der Waals surface area (Å²) in [5.41, 5.74) is 2.52. The number of amides is 1. The summed E-state index contributed by atoms with van der Waals surface area (Å²) in [6, 6.07) is 8.65. The van der Waals surface area contributed by atoms with Gasteiger partial charge in [-0.2, -0.15) is 0 Å². The average molecular weight is 293 g/mol. The van der Waals surface area contributed by atoms with Gasteiger partial charge in [0.1, 0.15) is 0 Å². The maximum Gasteiger partial charge on any atom is 0.230 e. The largest absolute Gasteiger partial charge is 0.393 e. The van der Waals surface area contributed by atoms with E-state index in [1.54, 1.807) is 11.8 Å². The molecule has 0 heterocycles. The van der Waals surface area contributed by atoms with E-state index in [2.05, 4.69) is 36.5 Å². The predicted molar refractivity (Wildman–Crippen MR) is 83.7 cm³/mol. The summed E-state index contributed by atoms with van der Waals surface area (Å²) in [6.07, 6.45) is 3.24. The minimum Gasteiger partial charge on any atom is -0.393 e. The fraction of sp³-hybridized carbons (Fsp3) is 0.562. The number of hydrogen-bond acceptors (Lipinski definition) is 3. The molecular formula is C16H23NO2S. The monoisotopic (exact) mass is 293 g/mol. The number of benzene rings is 1. The van der Waals surface area contributed by atoms with Crippen molar-refractivity contribution in [3.8, 4) is 0 Å². The zero-order valence-corrected chi connectivity index (χ0v) is 12.8. The third kappa shape index (κ3) is 5.17. The first-order valence-electron chi connectivity index (χ1n) is 7.24. The van der Waals surface area contributed by atoms with Gasteiger partial charge < -0.3 is 10.4 Å². The molecule has 20 heavy (non-hydrogen) atoms. The molecule has 0 aromatic heterocycles. The summed E-state index contributed by atoms with van der Waals surface area (Å²) < 4.78 is 0. The lowest BCUT2D eigenvalue weighted by molar-refractivity contribution is -0.119. The van der Waals surface area contributed by atoms with Crippen molar-refractivity contribution in [2.75, 3.05) is 5.75 Å². The molecule has 1 aromatic rings. The minimum atomic E-state index is -0.168. The van der Waals surface area contributed by atoms with Gasteiger partial charge in [-0.05, 0) is 38.2 Å². The lowest BCUT2D eigenvalue weighted by Gasteiger charge is -2.26. The van der Waals surface area contributed by atoms with E-state index in [1.165, 1.54) is 11.1 Å². The molecule has 4 heteroatoms. The van der Waals surface area contributed by atoms with E-state index in [9.17, 15) is 9.90 Å². The number of aryl methyl sites for hydroxylation is 1. The molecule has 3 nitrogen and oxygen atoms in total. The molecule has 1 fully saturated rings. The van der Waals surface area contributed by atoms with Crippen LogP contribution in [0.2, 0.25) is 0 Å². The van der Waals surface area contributed by atoms with Crippen LogP contribution >= 0.6 is 11.8 Å². The van der Waals surface area contributed by atoms with Crippen molar-refractivity contribution in [2.45, 2.75) is 50.5 Å². The molecule has 1 aliphatic carbocycles. The Bertz CT molecular complexity index is 442. The van der Waals surface area contributed by atoms with Gasteiger partial charge >= 0.3 is 0 Å². The molecule has 1 amide bonds. The first-order chi connectivity index (χ1) is 9.63. The Kier molecular flexibility index (Phi) is 5.92. The third-order valence-electron chi connectivity index (χ3n) is 3.65. The summed E-state index contributed by atoms with van der Waals surface area (Å²) in [7, 11) is 0. The zero-order chi connectivity index (χ0) is 14.4. The Morgan fingerprint density at radius 3 is 2.80 bits per heavy atom. The van der Waals surface area contributed by atoms with Crippen LogP contribution in [-0.2, 0) is 10.5 Å². The van der Waals surface area contributed by atoms with Gasteiger partial charge in [0, 0.05) is 11.8 Å². The first-order valence-corrected chi connectivity index (χ1v) is 8.39.